The van der Waals surface area contributed by atoms with Gasteiger partial charge in [-0.2, -0.15) is 13.2 Å². The lowest BCUT2D eigenvalue weighted by Crippen LogP contribution is -2.52. The SMILES string of the molecule is CC(COc1ccccc1)(CC(F)(F)F)NC(=O)c1cnc2c(F)cccc2c1. The number of carbonyl (C=O) groups excluding carboxylic acids is 1. The highest BCUT2D eigenvalue weighted by molar-refractivity contribution is 5.97. The third-order valence-corrected chi connectivity index (χ3v) is 4.23. The number of halogens is 4. The standard InChI is InChI=1S/C21H18F4N2O2/c1-20(12-21(23,24)25,13-29-16-7-3-2-4-8-16)27-19(28)15-10-14-6-5-9-17(22)18(14)26-11-15/h2-11H,12-13H2,1H3,(H,27,28). The highest BCUT2D eigenvalue weighted by atomic mass is 19.4. The van der Waals surface area contributed by atoms with Gasteiger partial charge in [0.05, 0.1) is 17.5 Å². The van der Waals surface area contributed by atoms with Gasteiger partial charge in [-0.05, 0) is 31.2 Å². The number of alkyl halides is 3. The molecule has 29 heavy (non-hydrogen) atoms. The Labute approximate surface area is 164 Å². The summed E-state index contributed by atoms with van der Waals surface area (Å²) in [6, 6.07) is 14.0. The van der Waals surface area contributed by atoms with Crippen LogP contribution in [0.2, 0.25) is 0 Å². The maximum absolute atomic E-state index is 13.7. The fourth-order valence-corrected chi connectivity index (χ4v) is 2.93. The summed E-state index contributed by atoms with van der Waals surface area (Å²) >= 11 is 0. The molecule has 3 rings (SSSR count). The largest absolute Gasteiger partial charge is 0.491 e. The Balaban J connectivity index is 1.81. The van der Waals surface area contributed by atoms with Crippen LogP contribution in [0, 0.1) is 5.82 Å². The van der Waals surface area contributed by atoms with Crippen LogP contribution in [0.15, 0.2) is 60.8 Å². The summed E-state index contributed by atoms with van der Waals surface area (Å²) in [7, 11) is 0. The molecule has 2 aromatic carbocycles. The predicted molar refractivity (Wildman–Crippen MR) is 100 cm³/mol. The van der Waals surface area contributed by atoms with Gasteiger partial charge < -0.3 is 10.1 Å². The van der Waals surface area contributed by atoms with Crippen molar-refractivity contribution >= 4 is 16.8 Å². The van der Waals surface area contributed by atoms with Gasteiger partial charge in [0.1, 0.15) is 23.7 Å². The van der Waals surface area contributed by atoms with Gasteiger partial charge in [0, 0.05) is 11.6 Å². The van der Waals surface area contributed by atoms with Gasteiger partial charge >= 0.3 is 6.18 Å². The molecule has 1 heterocycles. The first-order valence-electron chi connectivity index (χ1n) is 8.77. The molecule has 0 aliphatic rings. The maximum Gasteiger partial charge on any atom is 0.391 e. The fraction of sp³-hybridized carbons (Fsp3) is 0.238. The van der Waals surface area contributed by atoms with Crippen LogP contribution in [0.1, 0.15) is 23.7 Å². The third-order valence-electron chi connectivity index (χ3n) is 4.23. The van der Waals surface area contributed by atoms with E-state index in [1.807, 2.05) is 0 Å². The Morgan fingerprint density at radius 2 is 1.83 bits per heavy atom. The number of ether oxygens (including phenoxy) is 1. The lowest BCUT2D eigenvalue weighted by atomic mass is 9.97. The van der Waals surface area contributed by atoms with Crippen LogP contribution in [-0.4, -0.2) is 29.2 Å². The van der Waals surface area contributed by atoms with Gasteiger partial charge in [0.2, 0.25) is 0 Å². The number of fused-ring (bicyclic) bond motifs is 1. The lowest BCUT2D eigenvalue weighted by molar-refractivity contribution is -0.150. The number of carbonyl (C=O) groups is 1. The third kappa shape index (κ3) is 5.43. The molecular weight excluding hydrogens is 388 g/mol. The molecule has 0 radical (unpaired) electrons. The summed E-state index contributed by atoms with van der Waals surface area (Å²) in [6.07, 6.45) is -4.67. The van der Waals surface area contributed by atoms with Crippen LogP contribution in [0.4, 0.5) is 17.6 Å². The zero-order valence-electron chi connectivity index (χ0n) is 15.5. The molecule has 1 aromatic heterocycles. The number of para-hydroxylation sites is 2. The Hall–Kier alpha value is -3.16. The summed E-state index contributed by atoms with van der Waals surface area (Å²) < 4.78 is 58.6. The van der Waals surface area contributed by atoms with Crippen molar-refractivity contribution in [3.63, 3.8) is 0 Å². The van der Waals surface area contributed by atoms with Crippen molar-refractivity contribution in [2.75, 3.05) is 6.61 Å². The summed E-state index contributed by atoms with van der Waals surface area (Å²) in [5, 5.41) is 2.77. The topological polar surface area (TPSA) is 51.2 Å². The average Bonchev–Trinajstić information content (AvgIpc) is 2.66. The van der Waals surface area contributed by atoms with E-state index in [4.69, 9.17) is 4.74 Å². The number of nitrogens with one attached hydrogen (secondary N) is 1. The number of rotatable bonds is 6. The summed E-state index contributed by atoms with van der Waals surface area (Å²) in [4.78, 5) is 16.5. The van der Waals surface area contributed by atoms with Gasteiger partial charge in [0.25, 0.3) is 5.91 Å². The van der Waals surface area contributed by atoms with Gasteiger partial charge in [-0.25, -0.2) is 4.39 Å². The number of benzene rings is 2. The van der Waals surface area contributed by atoms with Crippen LogP contribution in [-0.2, 0) is 0 Å². The van der Waals surface area contributed by atoms with Crippen LogP contribution in [0.3, 0.4) is 0 Å². The molecule has 0 saturated heterocycles. The van der Waals surface area contributed by atoms with E-state index in [9.17, 15) is 22.4 Å². The van der Waals surface area contributed by atoms with Crippen LogP contribution >= 0.6 is 0 Å². The smallest absolute Gasteiger partial charge is 0.391 e. The van der Waals surface area contributed by atoms with E-state index in [2.05, 4.69) is 10.3 Å². The molecule has 1 N–H and O–H groups in total. The molecule has 0 fully saturated rings. The monoisotopic (exact) mass is 406 g/mol. The molecule has 0 aliphatic carbocycles. The number of amides is 1. The quantitative estimate of drug-likeness (QED) is 0.593. The lowest BCUT2D eigenvalue weighted by Gasteiger charge is -2.31. The molecule has 3 aromatic rings. The highest BCUT2D eigenvalue weighted by Crippen LogP contribution is 2.29. The predicted octanol–water partition coefficient (Wildman–Crippen LogP) is 4.89. The van der Waals surface area contributed by atoms with Crippen molar-refractivity contribution in [2.24, 2.45) is 0 Å². The molecular formula is C21H18F4N2O2. The van der Waals surface area contributed by atoms with Crippen molar-refractivity contribution in [1.82, 2.24) is 10.3 Å². The van der Waals surface area contributed by atoms with E-state index in [-0.39, 0.29) is 11.1 Å². The van der Waals surface area contributed by atoms with Crippen molar-refractivity contribution in [1.29, 1.82) is 0 Å². The molecule has 1 unspecified atom stereocenters. The zero-order valence-corrected chi connectivity index (χ0v) is 15.5. The Morgan fingerprint density at radius 1 is 1.10 bits per heavy atom. The molecule has 0 bridgehead atoms. The molecule has 1 amide bonds. The molecule has 4 nitrogen and oxygen atoms in total. The molecule has 0 aliphatic heterocycles. The van der Waals surface area contributed by atoms with E-state index < -0.39 is 36.5 Å². The minimum absolute atomic E-state index is 0.0243. The fourth-order valence-electron chi connectivity index (χ4n) is 2.93. The Kier molecular flexibility index (Phi) is 5.72. The normalized spacial score (nSPS) is 13.7. The van der Waals surface area contributed by atoms with E-state index in [1.165, 1.54) is 25.1 Å². The Bertz CT molecular complexity index is 1010. The van der Waals surface area contributed by atoms with Crippen molar-refractivity contribution in [3.8, 4) is 5.75 Å². The maximum atomic E-state index is 13.7. The number of hydrogen-bond donors (Lipinski definition) is 1. The second-order valence-corrected chi connectivity index (χ2v) is 6.94. The first kappa shape index (κ1) is 20.6. The van der Waals surface area contributed by atoms with Crippen molar-refractivity contribution < 1.29 is 27.1 Å². The van der Waals surface area contributed by atoms with E-state index in [0.717, 1.165) is 6.20 Å². The van der Waals surface area contributed by atoms with Gasteiger partial charge in [-0.1, -0.05) is 30.3 Å². The first-order chi connectivity index (χ1) is 13.7. The number of pyridine rings is 1. The molecule has 1 atom stereocenters. The summed E-state index contributed by atoms with van der Waals surface area (Å²) in [5.41, 5.74) is -1.62. The summed E-state index contributed by atoms with van der Waals surface area (Å²) in [5.74, 6) is -0.919. The Morgan fingerprint density at radius 3 is 2.52 bits per heavy atom. The van der Waals surface area contributed by atoms with Gasteiger partial charge in [0.15, 0.2) is 0 Å². The second-order valence-electron chi connectivity index (χ2n) is 6.94. The van der Waals surface area contributed by atoms with E-state index in [0.29, 0.717) is 11.1 Å². The van der Waals surface area contributed by atoms with Crippen LogP contribution in [0.25, 0.3) is 10.9 Å². The molecule has 0 spiro atoms. The minimum Gasteiger partial charge on any atom is -0.491 e. The van der Waals surface area contributed by atoms with Crippen molar-refractivity contribution in [2.45, 2.75) is 25.1 Å². The number of nitrogens with zero attached hydrogens (tertiary/aromatic N) is 1. The van der Waals surface area contributed by atoms with E-state index in [1.54, 1.807) is 36.4 Å². The second kappa shape index (κ2) is 8.06. The van der Waals surface area contributed by atoms with Gasteiger partial charge in [-0.3, -0.25) is 9.78 Å². The molecule has 0 saturated carbocycles. The minimum atomic E-state index is -4.52. The number of aromatic nitrogens is 1. The first-order valence-corrected chi connectivity index (χ1v) is 8.77. The van der Waals surface area contributed by atoms with Crippen molar-refractivity contribution in [3.05, 3.63) is 72.2 Å². The average molecular weight is 406 g/mol. The van der Waals surface area contributed by atoms with Crippen LogP contribution in [0.5, 0.6) is 5.75 Å². The zero-order chi connectivity index (χ0) is 21.1. The molecule has 152 valence electrons. The molecule has 8 heteroatoms. The number of hydrogen-bond acceptors (Lipinski definition) is 3. The highest BCUT2D eigenvalue weighted by Gasteiger charge is 2.41. The van der Waals surface area contributed by atoms with Gasteiger partial charge in [-0.15, -0.1) is 0 Å². The van der Waals surface area contributed by atoms with Crippen LogP contribution < -0.4 is 10.1 Å². The summed E-state index contributed by atoms with van der Waals surface area (Å²) in [6.45, 7) is 0.868. The van der Waals surface area contributed by atoms with E-state index >= 15 is 0 Å².